The Kier molecular flexibility index (Phi) is 4.19. The van der Waals surface area contributed by atoms with Gasteiger partial charge in [0, 0.05) is 14.2 Å². The van der Waals surface area contributed by atoms with Gasteiger partial charge in [-0.15, -0.1) is 5.10 Å². The summed E-state index contributed by atoms with van der Waals surface area (Å²) in [5, 5.41) is 7.36. The van der Waals surface area contributed by atoms with Gasteiger partial charge < -0.3 is 14.2 Å². The first-order valence-corrected chi connectivity index (χ1v) is 4.25. The molecule has 0 aliphatic heterocycles. The molecule has 0 N–H and O–H groups in total. The van der Waals surface area contributed by atoms with Crippen molar-refractivity contribution in [3.05, 3.63) is 11.9 Å². The van der Waals surface area contributed by atoms with Gasteiger partial charge in [0.05, 0.1) is 19.9 Å². The molecule has 84 valence electrons. The molecule has 0 saturated carbocycles. The van der Waals surface area contributed by atoms with Gasteiger partial charge in [0.15, 0.2) is 12.0 Å². The number of esters is 1. The van der Waals surface area contributed by atoms with E-state index in [-0.39, 0.29) is 5.69 Å². The molecule has 0 aromatic carbocycles. The summed E-state index contributed by atoms with van der Waals surface area (Å²) in [6.07, 6.45) is 1.05. The molecule has 0 radical (unpaired) electrons. The van der Waals surface area contributed by atoms with Crippen molar-refractivity contribution in [2.24, 2.45) is 0 Å². The maximum atomic E-state index is 11.1. The van der Waals surface area contributed by atoms with Gasteiger partial charge in [-0.05, 0) is 0 Å². The molecule has 1 heterocycles. The van der Waals surface area contributed by atoms with Gasteiger partial charge in [0.2, 0.25) is 0 Å². The Hall–Kier alpha value is -1.47. The molecule has 0 aliphatic rings. The van der Waals surface area contributed by atoms with Crippen molar-refractivity contribution in [3.8, 4) is 0 Å². The lowest BCUT2D eigenvalue weighted by atomic mass is 10.5. The lowest BCUT2D eigenvalue weighted by Gasteiger charge is -2.11. The third-order valence-corrected chi connectivity index (χ3v) is 1.80. The van der Waals surface area contributed by atoms with Crippen molar-refractivity contribution < 1.29 is 19.0 Å². The topological polar surface area (TPSA) is 75.5 Å². The SMILES string of the molecule is COC(=O)c1cn(CC(OC)OC)nn1. The fourth-order valence-corrected chi connectivity index (χ4v) is 0.984. The average molecular weight is 215 g/mol. The van der Waals surface area contributed by atoms with E-state index in [1.165, 1.54) is 32.2 Å². The average Bonchev–Trinajstić information content (AvgIpc) is 2.73. The normalized spacial score (nSPS) is 10.7. The van der Waals surface area contributed by atoms with Crippen LogP contribution in [0, 0.1) is 0 Å². The predicted octanol–water partition coefficient (Wildman–Crippen LogP) is -0.316. The van der Waals surface area contributed by atoms with Gasteiger partial charge >= 0.3 is 5.97 Å². The van der Waals surface area contributed by atoms with E-state index in [2.05, 4.69) is 15.0 Å². The van der Waals surface area contributed by atoms with Crippen LogP contribution >= 0.6 is 0 Å². The van der Waals surface area contributed by atoms with Crippen LogP contribution in [0.4, 0.5) is 0 Å². The Morgan fingerprint density at radius 1 is 1.47 bits per heavy atom. The number of carbonyl (C=O) groups excluding carboxylic acids is 1. The molecule has 0 unspecified atom stereocenters. The van der Waals surface area contributed by atoms with Crippen LogP contribution in [0.15, 0.2) is 6.20 Å². The number of methoxy groups -OCH3 is 3. The van der Waals surface area contributed by atoms with Gasteiger partial charge in [-0.1, -0.05) is 5.21 Å². The smallest absolute Gasteiger partial charge is 0.360 e. The van der Waals surface area contributed by atoms with Gasteiger partial charge in [0.25, 0.3) is 0 Å². The lowest BCUT2D eigenvalue weighted by Crippen LogP contribution is -2.20. The number of aromatic nitrogens is 3. The fourth-order valence-electron chi connectivity index (χ4n) is 0.984. The summed E-state index contributed by atoms with van der Waals surface area (Å²) in [5.41, 5.74) is 0.156. The van der Waals surface area contributed by atoms with Crippen LogP contribution in [0.2, 0.25) is 0 Å². The summed E-state index contributed by atoms with van der Waals surface area (Å²) in [7, 11) is 4.33. The molecule has 7 nitrogen and oxygen atoms in total. The number of hydrogen-bond donors (Lipinski definition) is 0. The van der Waals surface area contributed by atoms with E-state index in [0.717, 1.165) is 0 Å². The van der Waals surface area contributed by atoms with E-state index in [4.69, 9.17) is 9.47 Å². The van der Waals surface area contributed by atoms with Crippen LogP contribution in [0.5, 0.6) is 0 Å². The summed E-state index contributed by atoms with van der Waals surface area (Å²) >= 11 is 0. The molecule has 1 aromatic heterocycles. The van der Waals surface area contributed by atoms with Crippen molar-refractivity contribution >= 4 is 5.97 Å². The standard InChI is InChI=1S/C8H13N3O4/c1-13-7(14-2)5-11-4-6(9-10-11)8(12)15-3/h4,7H,5H2,1-3H3. The second-order valence-corrected chi connectivity index (χ2v) is 2.72. The molecule has 0 saturated heterocycles. The molecule has 7 heteroatoms. The third-order valence-electron chi connectivity index (χ3n) is 1.80. The second-order valence-electron chi connectivity index (χ2n) is 2.72. The first kappa shape index (κ1) is 11.6. The third kappa shape index (κ3) is 3.00. The van der Waals surface area contributed by atoms with Crippen LogP contribution in [0.1, 0.15) is 10.5 Å². The quantitative estimate of drug-likeness (QED) is 0.495. The summed E-state index contributed by atoms with van der Waals surface area (Å²) < 4.78 is 15.9. The number of rotatable bonds is 5. The molecule has 1 aromatic rings. The monoisotopic (exact) mass is 215 g/mol. The minimum Gasteiger partial charge on any atom is -0.464 e. The van der Waals surface area contributed by atoms with Gasteiger partial charge in [0.1, 0.15) is 0 Å². The van der Waals surface area contributed by atoms with Crippen LogP contribution < -0.4 is 0 Å². The first-order valence-electron chi connectivity index (χ1n) is 4.25. The van der Waals surface area contributed by atoms with Crippen LogP contribution in [-0.2, 0) is 20.8 Å². The van der Waals surface area contributed by atoms with E-state index in [1.807, 2.05) is 0 Å². The summed E-state index contributed by atoms with van der Waals surface area (Å²) in [5.74, 6) is -0.521. The largest absolute Gasteiger partial charge is 0.464 e. The minimum atomic E-state index is -0.521. The number of carbonyl (C=O) groups is 1. The zero-order chi connectivity index (χ0) is 11.3. The molecule has 0 aliphatic carbocycles. The molecule has 0 fully saturated rings. The number of nitrogens with zero attached hydrogens (tertiary/aromatic N) is 3. The maximum absolute atomic E-state index is 11.1. The Morgan fingerprint density at radius 2 is 2.13 bits per heavy atom. The highest BCUT2D eigenvalue weighted by molar-refractivity contribution is 5.86. The second kappa shape index (κ2) is 5.42. The van der Waals surface area contributed by atoms with E-state index in [1.54, 1.807) is 0 Å². The van der Waals surface area contributed by atoms with Gasteiger partial charge in [-0.25, -0.2) is 9.48 Å². The Morgan fingerprint density at radius 3 is 2.67 bits per heavy atom. The summed E-state index contributed by atoms with van der Waals surface area (Å²) in [6.45, 7) is 0.358. The van der Waals surface area contributed by atoms with Crippen LogP contribution in [-0.4, -0.2) is 48.6 Å². The zero-order valence-electron chi connectivity index (χ0n) is 8.84. The lowest BCUT2D eigenvalue weighted by molar-refractivity contribution is -0.112. The molecule has 0 bridgehead atoms. The molecular weight excluding hydrogens is 202 g/mol. The minimum absolute atomic E-state index is 0.156. The van der Waals surface area contributed by atoms with Crippen molar-refractivity contribution in [1.29, 1.82) is 0 Å². The first-order chi connectivity index (χ1) is 7.21. The van der Waals surface area contributed by atoms with Crippen LogP contribution in [0.3, 0.4) is 0 Å². The van der Waals surface area contributed by atoms with Crippen molar-refractivity contribution in [3.63, 3.8) is 0 Å². The van der Waals surface area contributed by atoms with E-state index in [9.17, 15) is 4.79 Å². The van der Waals surface area contributed by atoms with Gasteiger partial charge in [-0.2, -0.15) is 0 Å². The van der Waals surface area contributed by atoms with E-state index in [0.29, 0.717) is 6.54 Å². The molecule has 0 atom stereocenters. The Balaban J connectivity index is 2.63. The maximum Gasteiger partial charge on any atom is 0.360 e. The molecule has 1 rings (SSSR count). The molecule has 15 heavy (non-hydrogen) atoms. The summed E-state index contributed by atoms with van der Waals surface area (Å²) in [4.78, 5) is 11.1. The van der Waals surface area contributed by atoms with E-state index >= 15 is 0 Å². The number of ether oxygens (including phenoxy) is 3. The molecular formula is C8H13N3O4. The molecule has 0 amide bonds. The van der Waals surface area contributed by atoms with E-state index < -0.39 is 12.3 Å². The zero-order valence-corrected chi connectivity index (χ0v) is 8.84. The Labute approximate surface area is 86.9 Å². The predicted molar refractivity (Wildman–Crippen MR) is 49.2 cm³/mol. The highest BCUT2D eigenvalue weighted by Crippen LogP contribution is 1.99. The fraction of sp³-hybridized carbons (Fsp3) is 0.625. The van der Waals surface area contributed by atoms with Crippen molar-refractivity contribution in [2.75, 3.05) is 21.3 Å². The van der Waals surface area contributed by atoms with Crippen molar-refractivity contribution in [2.45, 2.75) is 12.8 Å². The van der Waals surface area contributed by atoms with Crippen molar-refractivity contribution in [1.82, 2.24) is 15.0 Å². The highest BCUT2D eigenvalue weighted by Gasteiger charge is 2.13. The van der Waals surface area contributed by atoms with Crippen LogP contribution in [0.25, 0.3) is 0 Å². The highest BCUT2D eigenvalue weighted by atomic mass is 16.7. The van der Waals surface area contributed by atoms with Gasteiger partial charge in [-0.3, -0.25) is 0 Å². The Bertz CT molecular complexity index is 321. The molecule has 0 spiro atoms. The summed E-state index contributed by atoms with van der Waals surface area (Å²) in [6, 6.07) is 0. The number of hydrogen-bond acceptors (Lipinski definition) is 6.